The first kappa shape index (κ1) is 39.8. The van der Waals surface area contributed by atoms with Gasteiger partial charge in [-0.25, -0.2) is 4.79 Å². The van der Waals surface area contributed by atoms with Crippen molar-refractivity contribution in [3.8, 4) is 0 Å². The van der Waals surface area contributed by atoms with Crippen LogP contribution in [-0.4, -0.2) is 158 Å². The zero-order valence-electron chi connectivity index (χ0n) is 25.3. The summed E-state index contributed by atoms with van der Waals surface area (Å²) in [5.74, 6) is -0.412. The van der Waals surface area contributed by atoms with Crippen molar-refractivity contribution in [2.24, 2.45) is 0 Å². The van der Waals surface area contributed by atoms with Gasteiger partial charge >= 0.3 is 5.97 Å². The summed E-state index contributed by atoms with van der Waals surface area (Å²) < 4.78 is 64.2. The lowest BCUT2D eigenvalue weighted by Crippen LogP contribution is -2.15. The minimum Gasteiger partial charge on any atom is -0.460 e. The number of ether oxygens (including phenoxy) is 12. The SMILES string of the molecule is C=C(C)C(=O)OCCOCCOCCOCCOCCOCCOCCOCCOCCOCCOCCOCC. The molecule has 0 radical (unpaired) electrons. The molecule has 0 unspecified atom stereocenters. The maximum Gasteiger partial charge on any atom is 0.333 e. The van der Waals surface area contributed by atoms with Crippen LogP contribution in [0, 0.1) is 0 Å². The standard InChI is InChI=1S/C28H54O13/c1-4-30-5-6-31-7-8-32-9-10-33-11-12-34-13-14-35-15-16-36-17-18-37-19-20-38-21-22-39-23-24-40-25-26-41-28(29)27(2)3/h2,4-26H2,1,3H3. The maximum absolute atomic E-state index is 11.2. The molecular formula is C28H54O13. The van der Waals surface area contributed by atoms with Crippen LogP contribution in [0.1, 0.15) is 13.8 Å². The lowest BCUT2D eigenvalue weighted by Gasteiger charge is -2.09. The molecule has 0 aliphatic rings. The largest absolute Gasteiger partial charge is 0.460 e. The van der Waals surface area contributed by atoms with Crippen LogP contribution in [0.2, 0.25) is 0 Å². The highest BCUT2D eigenvalue weighted by molar-refractivity contribution is 5.86. The van der Waals surface area contributed by atoms with E-state index in [0.717, 1.165) is 0 Å². The van der Waals surface area contributed by atoms with Gasteiger partial charge in [0.25, 0.3) is 0 Å². The third-order valence-electron chi connectivity index (χ3n) is 4.73. The molecule has 41 heavy (non-hydrogen) atoms. The first-order chi connectivity index (χ1) is 20.2. The summed E-state index contributed by atoms with van der Waals surface area (Å²) in [6.45, 7) is 18.5. The van der Waals surface area contributed by atoms with Gasteiger partial charge in [-0.2, -0.15) is 0 Å². The molecule has 0 aliphatic heterocycles. The second-order valence-corrected chi connectivity index (χ2v) is 8.24. The first-order valence-electron chi connectivity index (χ1n) is 14.4. The van der Waals surface area contributed by atoms with Gasteiger partial charge < -0.3 is 56.8 Å². The molecule has 0 aromatic rings. The van der Waals surface area contributed by atoms with Gasteiger partial charge in [0.2, 0.25) is 0 Å². The summed E-state index contributed by atoms with van der Waals surface area (Å²) in [4.78, 5) is 11.2. The molecule has 244 valence electrons. The van der Waals surface area contributed by atoms with Crippen LogP contribution in [0.4, 0.5) is 0 Å². The Morgan fingerprint density at radius 3 is 0.780 bits per heavy atom. The van der Waals surface area contributed by atoms with E-state index in [0.29, 0.717) is 151 Å². The van der Waals surface area contributed by atoms with E-state index >= 15 is 0 Å². The Morgan fingerprint density at radius 1 is 0.390 bits per heavy atom. The Morgan fingerprint density at radius 2 is 0.585 bits per heavy atom. The van der Waals surface area contributed by atoms with Gasteiger partial charge in [0, 0.05) is 12.2 Å². The highest BCUT2D eigenvalue weighted by atomic mass is 16.6. The summed E-state index contributed by atoms with van der Waals surface area (Å²) in [7, 11) is 0. The summed E-state index contributed by atoms with van der Waals surface area (Å²) in [5.41, 5.74) is 0.371. The normalized spacial score (nSPS) is 11.3. The molecule has 0 N–H and O–H groups in total. The highest BCUT2D eigenvalue weighted by Crippen LogP contribution is 1.92. The number of rotatable bonds is 35. The lowest BCUT2D eigenvalue weighted by molar-refractivity contribution is -0.140. The van der Waals surface area contributed by atoms with E-state index in [4.69, 9.17) is 56.8 Å². The Hall–Kier alpha value is -1.23. The van der Waals surface area contributed by atoms with Gasteiger partial charge in [0.1, 0.15) is 6.61 Å². The van der Waals surface area contributed by atoms with Gasteiger partial charge in [-0.15, -0.1) is 0 Å². The first-order valence-corrected chi connectivity index (χ1v) is 14.4. The van der Waals surface area contributed by atoms with Gasteiger partial charge in [-0.3, -0.25) is 0 Å². The van der Waals surface area contributed by atoms with E-state index in [9.17, 15) is 4.79 Å². The highest BCUT2D eigenvalue weighted by Gasteiger charge is 2.02. The van der Waals surface area contributed by atoms with E-state index in [-0.39, 0.29) is 6.61 Å². The van der Waals surface area contributed by atoms with Crippen molar-refractivity contribution in [1.82, 2.24) is 0 Å². The number of hydrogen-bond donors (Lipinski definition) is 0. The Labute approximate surface area is 245 Å². The molecule has 13 heteroatoms. The molecular weight excluding hydrogens is 544 g/mol. The van der Waals surface area contributed by atoms with E-state index < -0.39 is 5.97 Å². The molecule has 0 aromatic carbocycles. The predicted molar refractivity (Wildman–Crippen MR) is 150 cm³/mol. The number of carbonyl (C=O) groups is 1. The molecule has 0 heterocycles. The van der Waals surface area contributed by atoms with E-state index in [1.165, 1.54) is 0 Å². The van der Waals surface area contributed by atoms with Crippen LogP contribution in [0.25, 0.3) is 0 Å². The molecule has 0 rings (SSSR count). The molecule has 0 saturated heterocycles. The van der Waals surface area contributed by atoms with Crippen molar-refractivity contribution in [1.29, 1.82) is 0 Å². The summed E-state index contributed by atoms with van der Waals surface area (Å²) >= 11 is 0. The van der Waals surface area contributed by atoms with Crippen molar-refractivity contribution in [3.05, 3.63) is 12.2 Å². The number of hydrogen-bond acceptors (Lipinski definition) is 13. The monoisotopic (exact) mass is 598 g/mol. The van der Waals surface area contributed by atoms with E-state index in [1.807, 2.05) is 6.92 Å². The molecule has 0 spiro atoms. The third kappa shape index (κ3) is 34.9. The molecule has 0 saturated carbocycles. The second-order valence-electron chi connectivity index (χ2n) is 8.24. The summed E-state index contributed by atoms with van der Waals surface area (Å²) in [6, 6.07) is 0. The van der Waals surface area contributed by atoms with Crippen LogP contribution in [0.3, 0.4) is 0 Å². The molecule has 0 aliphatic carbocycles. The smallest absolute Gasteiger partial charge is 0.333 e. The van der Waals surface area contributed by atoms with Gasteiger partial charge in [-0.1, -0.05) is 6.58 Å². The quantitative estimate of drug-likeness (QED) is 0.0591. The predicted octanol–water partition coefficient (Wildman–Crippen LogP) is 1.31. The van der Waals surface area contributed by atoms with Crippen molar-refractivity contribution < 1.29 is 61.6 Å². The lowest BCUT2D eigenvalue weighted by atomic mass is 10.4. The zero-order chi connectivity index (χ0) is 29.9. The fourth-order valence-corrected chi connectivity index (χ4v) is 2.66. The molecule has 13 nitrogen and oxygen atoms in total. The van der Waals surface area contributed by atoms with Crippen LogP contribution >= 0.6 is 0 Å². The summed E-state index contributed by atoms with van der Waals surface area (Å²) in [5, 5.41) is 0. The van der Waals surface area contributed by atoms with Crippen molar-refractivity contribution in [2.75, 3.05) is 152 Å². The topological polar surface area (TPSA) is 128 Å². The molecule has 0 aromatic heterocycles. The fraction of sp³-hybridized carbons (Fsp3) is 0.893. The molecule has 0 bridgehead atoms. The maximum atomic E-state index is 11.2. The average molecular weight is 599 g/mol. The molecule has 0 amide bonds. The second kappa shape index (κ2) is 35.0. The minimum atomic E-state index is -0.412. The Kier molecular flexibility index (Phi) is 33.9. The van der Waals surface area contributed by atoms with Crippen molar-refractivity contribution >= 4 is 5.97 Å². The minimum absolute atomic E-state index is 0.201. The average Bonchev–Trinajstić information content (AvgIpc) is 2.97. The van der Waals surface area contributed by atoms with Crippen LogP contribution < -0.4 is 0 Å². The fourth-order valence-electron chi connectivity index (χ4n) is 2.66. The Bertz CT molecular complexity index is 551. The van der Waals surface area contributed by atoms with Crippen LogP contribution in [0.5, 0.6) is 0 Å². The van der Waals surface area contributed by atoms with Crippen molar-refractivity contribution in [2.45, 2.75) is 13.8 Å². The van der Waals surface area contributed by atoms with Gasteiger partial charge in [-0.05, 0) is 13.8 Å². The van der Waals surface area contributed by atoms with Gasteiger partial charge in [0.05, 0.1) is 139 Å². The summed E-state index contributed by atoms with van der Waals surface area (Å²) in [6.07, 6.45) is 0. The van der Waals surface area contributed by atoms with Gasteiger partial charge in [0.15, 0.2) is 0 Å². The zero-order valence-corrected chi connectivity index (χ0v) is 25.3. The van der Waals surface area contributed by atoms with Crippen molar-refractivity contribution in [3.63, 3.8) is 0 Å². The van der Waals surface area contributed by atoms with E-state index in [1.54, 1.807) is 6.92 Å². The number of esters is 1. The molecule has 0 fully saturated rings. The molecule has 0 atom stereocenters. The number of carbonyl (C=O) groups excluding carboxylic acids is 1. The Balaban J connectivity index is 3.06. The third-order valence-corrected chi connectivity index (χ3v) is 4.73. The van der Waals surface area contributed by atoms with Crippen LogP contribution in [0.15, 0.2) is 12.2 Å². The van der Waals surface area contributed by atoms with Crippen LogP contribution in [-0.2, 0) is 61.6 Å². The van der Waals surface area contributed by atoms with E-state index in [2.05, 4.69) is 6.58 Å².